The number of aromatic amines is 1. The van der Waals surface area contributed by atoms with Crippen LogP contribution >= 0.6 is 0 Å². The van der Waals surface area contributed by atoms with Crippen LogP contribution in [0.5, 0.6) is 11.5 Å². The molecular weight excluding hydrogens is 773 g/mol. The van der Waals surface area contributed by atoms with Crippen molar-refractivity contribution in [2.24, 2.45) is 16.8 Å². The largest absolute Gasteiger partial charge is 0.494 e. The number of imide groups is 1. The minimum absolute atomic E-state index is 0.0262. The van der Waals surface area contributed by atoms with Gasteiger partial charge in [-0.1, -0.05) is 0 Å². The van der Waals surface area contributed by atoms with Gasteiger partial charge in [-0.25, -0.2) is 4.99 Å². The summed E-state index contributed by atoms with van der Waals surface area (Å²) < 4.78 is 12.2. The molecule has 1 aliphatic carbocycles. The number of nitrogens with zero attached hydrogens (tertiary/aromatic N) is 7. The standard InChI is InChI=1S/C46H60N10O5/c1-29-24-52(25-30-10-16-53(17-11-30)38-7-5-33-35(43(38)60-3)27-56(45(33)59)39-8-9-41(57)49-44(39)58)20-21-55(29)26-31-12-18-54(19-13-31)40-23-37(47-28-48-40)42-34-22-32(61-46(2)14-15-46)4-6-36(34)50-51-42/h4-7,22-23,29-31,39,47H,8-21,24-28H2,1-3H3,(H,50,51)(H,49,57,58)/t29-,39?/m1/s1. The van der Waals surface area contributed by atoms with Gasteiger partial charge in [-0.3, -0.25) is 29.7 Å². The molecule has 3 N–H and O–H groups in total. The fourth-order valence-electron chi connectivity index (χ4n) is 10.6. The molecule has 2 atom stereocenters. The van der Waals surface area contributed by atoms with Crippen LogP contribution in [0.15, 0.2) is 41.4 Å². The number of anilines is 1. The number of aliphatic imine (C=N–C) groups is 1. The predicted molar refractivity (Wildman–Crippen MR) is 234 cm³/mol. The lowest BCUT2D eigenvalue weighted by Crippen LogP contribution is -2.55. The number of aromatic nitrogens is 2. The molecule has 2 aromatic carbocycles. The monoisotopic (exact) mass is 832 g/mol. The molecular formula is C46H60N10O5. The smallest absolute Gasteiger partial charge is 0.255 e. The van der Waals surface area contributed by atoms with Gasteiger partial charge in [-0.05, 0) is 101 Å². The minimum atomic E-state index is -0.640. The molecule has 7 aliphatic rings. The number of benzene rings is 2. The summed E-state index contributed by atoms with van der Waals surface area (Å²) in [7, 11) is 1.66. The maximum absolute atomic E-state index is 13.4. The Morgan fingerprint density at radius 3 is 2.41 bits per heavy atom. The first-order chi connectivity index (χ1) is 29.6. The van der Waals surface area contributed by atoms with Gasteiger partial charge in [0.2, 0.25) is 11.8 Å². The summed E-state index contributed by atoms with van der Waals surface area (Å²) in [5.74, 6) is 3.16. The third-order valence-corrected chi connectivity index (χ3v) is 14.5. The van der Waals surface area contributed by atoms with Crippen LogP contribution in [0.3, 0.4) is 0 Å². The zero-order chi connectivity index (χ0) is 41.8. The SMILES string of the molecule is COc1c(N2CCC(CN3CCN(CC4CCN(C5=NCNC(c6n[nH]c7ccc(OC8(C)CC8)cc67)=C5)CC4)[C@H](C)C3)CC2)ccc2c1CN(C1CCC(=O)NC1=O)C2=O. The summed E-state index contributed by atoms with van der Waals surface area (Å²) in [6.07, 6.45) is 9.54. The molecule has 10 rings (SSSR count). The topological polar surface area (TPSA) is 151 Å². The summed E-state index contributed by atoms with van der Waals surface area (Å²) in [5.41, 5.74) is 5.33. The van der Waals surface area contributed by atoms with Gasteiger partial charge in [0.15, 0.2) is 0 Å². The van der Waals surface area contributed by atoms with Crippen LogP contribution in [0.2, 0.25) is 0 Å². The first-order valence-corrected chi connectivity index (χ1v) is 22.6. The number of ether oxygens (including phenoxy) is 2. The molecule has 7 heterocycles. The van der Waals surface area contributed by atoms with Crippen molar-refractivity contribution in [2.75, 3.05) is 77.6 Å². The highest BCUT2D eigenvalue weighted by Gasteiger charge is 2.42. The Labute approximate surface area is 357 Å². The second-order valence-corrected chi connectivity index (χ2v) is 18.7. The summed E-state index contributed by atoms with van der Waals surface area (Å²) in [6, 6.07) is 10.00. The Morgan fingerprint density at radius 1 is 0.902 bits per heavy atom. The van der Waals surface area contributed by atoms with Crippen molar-refractivity contribution >= 4 is 45.8 Å². The lowest BCUT2D eigenvalue weighted by Gasteiger charge is -2.44. The second-order valence-electron chi connectivity index (χ2n) is 18.7. The van der Waals surface area contributed by atoms with Gasteiger partial charge in [0, 0.05) is 94.0 Å². The second kappa shape index (κ2) is 16.3. The van der Waals surface area contributed by atoms with Crippen LogP contribution in [0.1, 0.15) is 86.8 Å². The number of nitrogens with one attached hydrogen (secondary N) is 3. The van der Waals surface area contributed by atoms with Crippen LogP contribution in [0, 0.1) is 11.8 Å². The molecule has 0 spiro atoms. The third-order valence-electron chi connectivity index (χ3n) is 14.5. The van der Waals surface area contributed by atoms with Gasteiger partial charge in [0.1, 0.15) is 41.3 Å². The van der Waals surface area contributed by atoms with Crippen molar-refractivity contribution in [3.63, 3.8) is 0 Å². The van der Waals surface area contributed by atoms with E-state index in [4.69, 9.17) is 19.6 Å². The number of rotatable bonds is 10. The highest BCUT2D eigenvalue weighted by molar-refractivity contribution is 6.06. The number of piperidine rings is 3. The van der Waals surface area contributed by atoms with Crippen LogP contribution in [-0.2, 0) is 16.1 Å². The van der Waals surface area contributed by atoms with E-state index in [2.05, 4.69) is 67.4 Å². The summed E-state index contributed by atoms with van der Waals surface area (Å²) in [4.78, 5) is 54.5. The van der Waals surface area contributed by atoms with Crippen LogP contribution in [0.25, 0.3) is 16.6 Å². The van der Waals surface area contributed by atoms with Gasteiger partial charge in [0.25, 0.3) is 5.91 Å². The van der Waals surface area contributed by atoms with E-state index >= 15 is 0 Å². The summed E-state index contributed by atoms with van der Waals surface area (Å²) in [5, 5.41) is 14.8. The number of methoxy groups -OCH3 is 1. The normalized spacial score (nSPS) is 25.3. The number of amidine groups is 1. The highest BCUT2D eigenvalue weighted by atomic mass is 16.5. The molecule has 4 saturated heterocycles. The van der Waals surface area contributed by atoms with Crippen molar-refractivity contribution in [3.8, 4) is 11.5 Å². The molecule has 324 valence electrons. The zero-order valence-corrected chi connectivity index (χ0v) is 35.9. The number of carbonyl (C=O) groups is 3. The van der Waals surface area contributed by atoms with Crippen LogP contribution < -0.4 is 25.0 Å². The van der Waals surface area contributed by atoms with E-state index in [1.165, 1.54) is 19.4 Å². The van der Waals surface area contributed by atoms with Crippen molar-refractivity contribution in [3.05, 3.63) is 53.2 Å². The molecule has 15 nitrogen and oxygen atoms in total. The van der Waals surface area contributed by atoms with Gasteiger partial charge in [-0.15, -0.1) is 0 Å². The Hall–Kier alpha value is -5.15. The minimum Gasteiger partial charge on any atom is -0.494 e. The number of carbonyl (C=O) groups excluding carboxylic acids is 3. The summed E-state index contributed by atoms with van der Waals surface area (Å²) >= 11 is 0. The van der Waals surface area contributed by atoms with E-state index in [0.29, 0.717) is 43.1 Å². The van der Waals surface area contributed by atoms with E-state index < -0.39 is 11.9 Å². The maximum Gasteiger partial charge on any atom is 0.255 e. The van der Waals surface area contributed by atoms with Crippen LogP contribution in [-0.4, -0.2) is 144 Å². The molecule has 15 heteroatoms. The lowest BCUT2D eigenvalue weighted by molar-refractivity contribution is -0.136. The molecule has 5 fully saturated rings. The lowest BCUT2D eigenvalue weighted by atomic mass is 9.93. The molecule has 0 bridgehead atoms. The van der Waals surface area contributed by atoms with E-state index in [1.807, 2.05) is 18.2 Å². The van der Waals surface area contributed by atoms with Gasteiger partial charge < -0.3 is 34.4 Å². The molecule has 61 heavy (non-hydrogen) atoms. The molecule has 1 aromatic heterocycles. The fourth-order valence-corrected chi connectivity index (χ4v) is 10.6. The number of piperazine rings is 1. The average molecular weight is 833 g/mol. The highest BCUT2D eigenvalue weighted by Crippen LogP contribution is 2.42. The Morgan fingerprint density at radius 2 is 1.67 bits per heavy atom. The molecule has 3 aromatic rings. The number of H-pyrrole nitrogens is 1. The van der Waals surface area contributed by atoms with Crippen molar-refractivity contribution < 1.29 is 23.9 Å². The maximum atomic E-state index is 13.4. The van der Waals surface area contributed by atoms with E-state index in [-0.39, 0.29) is 23.8 Å². The van der Waals surface area contributed by atoms with Gasteiger partial charge >= 0.3 is 0 Å². The van der Waals surface area contributed by atoms with Gasteiger partial charge in [0.05, 0.1) is 30.6 Å². The number of likely N-dealkylation sites (tertiary alicyclic amines) is 1. The Balaban J connectivity index is 0.681. The quantitative estimate of drug-likeness (QED) is 0.253. The Kier molecular flexibility index (Phi) is 10.7. The third kappa shape index (κ3) is 8.06. The molecule has 6 aliphatic heterocycles. The van der Waals surface area contributed by atoms with Gasteiger partial charge in [-0.2, -0.15) is 5.10 Å². The van der Waals surface area contributed by atoms with E-state index in [9.17, 15) is 14.4 Å². The van der Waals surface area contributed by atoms with Crippen molar-refractivity contribution in [2.45, 2.75) is 89.4 Å². The molecule has 1 unspecified atom stereocenters. The number of amides is 3. The van der Waals surface area contributed by atoms with Crippen molar-refractivity contribution in [1.82, 2.24) is 40.4 Å². The average Bonchev–Trinajstić information content (AvgIpc) is 3.68. The van der Waals surface area contributed by atoms with Crippen LogP contribution in [0.4, 0.5) is 5.69 Å². The Bertz CT molecular complexity index is 2250. The van der Waals surface area contributed by atoms with Crippen molar-refractivity contribution in [1.29, 1.82) is 0 Å². The number of hydrogen-bond donors (Lipinski definition) is 3. The first-order valence-electron chi connectivity index (χ1n) is 22.6. The first kappa shape index (κ1) is 40.0. The predicted octanol–water partition coefficient (Wildman–Crippen LogP) is 4.20. The molecule has 3 amide bonds. The summed E-state index contributed by atoms with van der Waals surface area (Å²) in [6.45, 7) is 15.0. The fraction of sp³-hybridized carbons (Fsp3) is 0.587. The number of fused-ring (bicyclic) bond motifs is 2. The molecule has 1 saturated carbocycles. The number of hydrogen-bond acceptors (Lipinski definition) is 12. The van der Waals surface area contributed by atoms with E-state index in [0.717, 1.165) is 129 Å². The zero-order valence-electron chi connectivity index (χ0n) is 35.9. The molecule has 0 radical (unpaired) electrons. The van der Waals surface area contributed by atoms with E-state index in [1.54, 1.807) is 12.0 Å².